The number of hydrogen-bond acceptors (Lipinski definition) is 3. The second kappa shape index (κ2) is 7.19. The standard InChI is InChI=1S/C20H28N4O2/c1-3-23-8-6-14(12-23)11-21-20(25)24-9-7-19-17(13-24)16-10-15(26-2)4-5-18(16)22-19/h4-5,10,14,22H,3,6-9,11-13H2,1-2H3,(H,21,25). The lowest BCUT2D eigenvalue weighted by molar-refractivity contribution is 0.190. The Labute approximate surface area is 154 Å². The number of nitrogens with one attached hydrogen (secondary N) is 2. The van der Waals surface area contributed by atoms with Crippen LogP contribution in [0.1, 0.15) is 24.6 Å². The number of amides is 2. The van der Waals surface area contributed by atoms with E-state index in [1.807, 2.05) is 11.0 Å². The van der Waals surface area contributed by atoms with Crippen molar-refractivity contribution in [2.45, 2.75) is 26.3 Å². The molecule has 6 heteroatoms. The van der Waals surface area contributed by atoms with Crippen LogP contribution < -0.4 is 10.1 Å². The smallest absolute Gasteiger partial charge is 0.317 e. The molecule has 1 saturated heterocycles. The summed E-state index contributed by atoms with van der Waals surface area (Å²) in [5.74, 6) is 1.43. The first kappa shape index (κ1) is 17.2. The first-order valence-corrected chi connectivity index (χ1v) is 9.60. The number of H-pyrrole nitrogens is 1. The van der Waals surface area contributed by atoms with Crippen molar-refractivity contribution in [1.82, 2.24) is 20.1 Å². The van der Waals surface area contributed by atoms with E-state index in [-0.39, 0.29) is 6.03 Å². The number of urea groups is 1. The molecule has 2 aliphatic heterocycles. The van der Waals surface area contributed by atoms with Crippen molar-refractivity contribution in [2.75, 3.05) is 39.8 Å². The first-order chi connectivity index (χ1) is 12.7. The molecule has 140 valence electrons. The van der Waals surface area contributed by atoms with Gasteiger partial charge in [-0.1, -0.05) is 6.92 Å². The fourth-order valence-electron chi connectivity index (χ4n) is 4.20. The lowest BCUT2D eigenvalue weighted by Crippen LogP contribution is -2.44. The molecule has 0 radical (unpaired) electrons. The minimum atomic E-state index is 0.0582. The number of fused-ring (bicyclic) bond motifs is 3. The van der Waals surface area contributed by atoms with E-state index in [0.717, 1.165) is 55.8 Å². The molecule has 2 amide bonds. The number of ether oxygens (including phenoxy) is 1. The molecule has 1 atom stereocenters. The largest absolute Gasteiger partial charge is 0.497 e. The van der Waals surface area contributed by atoms with Gasteiger partial charge in [-0.15, -0.1) is 0 Å². The molecule has 2 aromatic rings. The van der Waals surface area contributed by atoms with Gasteiger partial charge in [0.15, 0.2) is 0 Å². The molecule has 3 heterocycles. The Morgan fingerprint density at radius 3 is 3.04 bits per heavy atom. The molecule has 2 aliphatic rings. The average Bonchev–Trinajstić information content (AvgIpc) is 3.29. The van der Waals surface area contributed by atoms with E-state index in [2.05, 4.69) is 34.3 Å². The average molecular weight is 356 g/mol. The Morgan fingerprint density at radius 1 is 1.38 bits per heavy atom. The third kappa shape index (κ3) is 3.26. The van der Waals surface area contributed by atoms with Gasteiger partial charge in [0.25, 0.3) is 0 Å². The van der Waals surface area contributed by atoms with Gasteiger partial charge in [0.1, 0.15) is 5.75 Å². The molecule has 2 N–H and O–H groups in total. The van der Waals surface area contributed by atoms with Crippen LogP contribution in [-0.4, -0.2) is 60.6 Å². The molecule has 1 fully saturated rings. The van der Waals surface area contributed by atoms with E-state index in [1.54, 1.807) is 7.11 Å². The van der Waals surface area contributed by atoms with Crippen molar-refractivity contribution < 1.29 is 9.53 Å². The number of rotatable bonds is 4. The number of carbonyl (C=O) groups is 1. The van der Waals surface area contributed by atoms with Crippen LogP contribution in [0, 0.1) is 5.92 Å². The van der Waals surface area contributed by atoms with Gasteiger partial charge in [-0.2, -0.15) is 0 Å². The minimum Gasteiger partial charge on any atom is -0.497 e. The highest BCUT2D eigenvalue weighted by Crippen LogP contribution is 2.30. The number of methoxy groups -OCH3 is 1. The van der Waals surface area contributed by atoms with E-state index < -0.39 is 0 Å². The SMILES string of the molecule is CCN1CCC(CNC(=O)N2CCc3[nH]c4ccc(OC)cc4c3C2)C1. The number of aromatic nitrogens is 1. The lowest BCUT2D eigenvalue weighted by atomic mass is 10.0. The number of carbonyl (C=O) groups excluding carboxylic acids is 1. The zero-order chi connectivity index (χ0) is 18.1. The Morgan fingerprint density at radius 2 is 2.27 bits per heavy atom. The minimum absolute atomic E-state index is 0.0582. The highest BCUT2D eigenvalue weighted by molar-refractivity contribution is 5.87. The van der Waals surface area contributed by atoms with Crippen LogP contribution in [-0.2, 0) is 13.0 Å². The molecule has 26 heavy (non-hydrogen) atoms. The maximum absolute atomic E-state index is 12.7. The fraction of sp³-hybridized carbons (Fsp3) is 0.550. The van der Waals surface area contributed by atoms with Gasteiger partial charge in [0.05, 0.1) is 7.11 Å². The van der Waals surface area contributed by atoms with Gasteiger partial charge in [-0.05, 0) is 43.6 Å². The molecule has 0 saturated carbocycles. The summed E-state index contributed by atoms with van der Waals surface area (Å²) in [5.41, 5.74) is 3.58. The monoisotopic (exact) mass is 356 g/mol. The predicted octanol–water partition coefficient (Wildman–Crippen LogP) is 2.59. The van der Waals surface area contributed by atoms with Gasteiger partial charge in [0.2, 0.25) is 0 Å². The fourth-order valence-corrected chi connectivity index (χ4v) is 4.20. The number of aromatic amines is 1. The van der Waals surface area contributed by atoms with Crippen molar-refractivity contribution in [3.63, 3.8) is 0 Å². The summed E-state index contributed by atoms with van der Waals surface area (Å²) < 4.78 is 5.36. The molecular formula is C20H28N4O2. The van der Waals surface area contributed by atoms with E-state index >= 15 is 0 Å². The molecule has 1 unspecified atom stereocenters. The van der Waals surface area contributed by atoms with Crippen molar-refractivity contribution in [3.05, 3.63) is 29.5 Å². The number of benzene rings is 1. The quantitative estimate of drug-likeness (QED) is 0.885. The summed E-state index contributed by atoms with van der Waals surface area (Å²) in [5, 5.41) is 4.32. The second-order valence-electron chi connectivity index (χ2n) is 7.40. The van der Waals surface area contributed by atoms with Crippen LogP contribution in [0.3, 0.4) is 0 Å². The van der Waals surface area contributed by atoms with Gasteiger partial charge < -0.3 is 24.8 Å². The summed E-state index contributed by atoms with van der Waals surface area (Å²) in [6, 6.07) is 6.14. The topological polar surface area (TPSA) is 60.6 Å². The third-order valence-electron chi connectivity index (χ3n) is 5.83. The zero-order valence-electron chi connectivity index (χ0n) is 15.7. The lowest BCUT2D eigenvalue weighted by Gasteiger charge is -2.28. The van der Waals surface area contributed by atoms with Gasteiger partial charge in [0, 0.05) is 54.8 Å². The summed E-state index contributed by atoms with van der Waals surface area (Å²) in [4.78, 5) is 20.5. The molecule has 0 spiro atoms. The molecule has 0 bridgehead atoms. The molecule has 1 aromatic carbocycles. The van der Waals surface area contributed by atoms with Crippen LogP contribution in [0.4, 0.5) is 4.79 Å². The van der Waals surface area contributed by atoms with Crippen molar-refractivity contribution in [2.24, 2.45) is 5.92 Å². The van der Waals surface area contributed by atoms with Gasteiger partial charge in [-0.25, -0.2) is 4.79 Å². The zero-order valence-corrected chi connectivity index (χ0v) is 15.7. The normalized spacial score (nSPS) is 20.4. The molecule has 4 rings (SSSR count). The first-order valence-electron chi connectivity index (χ1n) is 9.60. The summed E-state index contributed by atoms with van der Waals surface area (Å²) in [6.07, 6.45) is 2.05. The maximum atomic E-state index is 12.7. The molecular weight excluding hydrogens is 328 g/mol. The van der Waals surface area contributed by atoms with Crippen LogP contribution in [0.2, 0.25) is 0 Å². The van der Waals surface area contributed by atoms with Crippen molar-refractivity contribution in [3.8, 4) is 5.75 Å². The Balaban J connectivity index is 1.41. The molecule has 1 aromatic heterocycles. The van der Waals surface area contributed by atoms with E-state index in [1.165, 1.54) is 17.7 Å². The van der Waals surface area contributed by atoms with Crippen molar-refractivity contribution in [1.29, 1.82) is 0 Å². The van der Waals surface area contributed by atoms with E-state index in [4.69, 9.17) is 4.74 Å². The third-order valence-corrected chi connectivity index (χ3v) is 5.83. The van der Waals surface area contributed by atoms with Crippen LogP contribution in [0.15, 0.2) is 18.2 Å². The molecule has 6 nitrogen and oxygen atoms in total. The van der Waals surface area contributed by atoms with Crippen LogP contribution in [0.5, 0.6) is 5.75 Å². The number of nitrogens with zero attached hydrogens (tertiary/aromatic N) is 2. The maximum Gasteiger partial charge on any atom is 0.317 e. The van der Waals surface area contributed by atoms with E-state index in [0.29, 0.717) is 12.5 Å². The Hall–Kier alpha value is -2.21. The highest BCUT2D eigenvalue weighted by Gasteiger charge is 2.26. The number of likely N-dealkylation sites (tertiary alicyclic amines) is 1. The second-order valence-corrected chi connectivity index (χ2v) is 7.40. The predicted molar refractivity (Wildman–Crippen MR) is 103 cm³/mol. The van der Waals surface area contributed by atoms with E-state index in [9.17, 15) is 4.79 Å². The summed E-state index contributed by atoms with van der Waals surface area (Å²) >= 11 is 0. The number of hydrogen-bond donors (Lipinski definition) is 2. The van der Waals surface area contributed by atoms with Crippen LogP contribution in [0.25, 0.3) is 10.9 Å². The van der Waals surface area contributed by atoms with Gasteiger partial charge >= 0.3 is 6.03 Å². The van der Waals surface area contributed by atoms with Gasteiger partial charge in [-0.3, -0.25) is 0 Å². The summed E-state index contributed by atoms with van der Waals surface area (Å²) in [7, 11) is 1.68. The molecule has 0 aliphatic carbocycles. The Bertz CT molecular complexity index is 800. The Kier molecular flexibility index (Phi) is 4.76. The summed E-state index contributed by atoms with van der Waals surface area (Å²) in [6.45, 7) is 7.74. The highest BCUT2D eigenvalue weighted by atomic mass is 16.5. The van der Waals surface area contributed by atoms with Crippen molar-refractivity contribution >= 4 is 16.9 Å². The van der Waals surface area contributed by atoms with Crippen LogP contribution >= 0.6 is 0 Å².